The lowest BCUT2D eigenvalue weighted by Crippen LogP contribution is -2.26. The van der Waals surface area contributed by atoms with E-state index in [0.717, 1.165) is 18.4 Å². The molecule has 112 valence electrons. The number of hydrogen-bond acceptors (Lipinski definition) is 4. The lowest BCUT2D eigenvalue weighted by molar-refractivity contribution is -0.121. The first-order valence-electron chi connectivity index (χ1n) is 6.93. The Morgan fingerprint density at radius 1 is 1.45 bits per heavy atom. The minimum Gasteiger partial charge on any atom is -0.481 e. The van der Waals surface area contributed by atoms with E-state index < -0.39 is 0 Å². The summed E-state index contributed by atoms with van der Waals surface area (Å²) < 4.78 is 5.15. The van der Waals surface area contributed by atoms with Gasteiger partial charge in [-0.15, -0.1) is 0 Å². The Bertz CT molecular complexity index is 433. The van der Waals surface area contributed by atoms with E-state index in [2.05, 4.69) is 24.1 Å². The van der Waals surface area contributed by atoms with Crippen molar-refractivity contribution in [2.75, 3.05) is 13.7 Å². The zero-order valence-corrected chi connectivity index (χ0v) is 12.6. The van der Waals surface area contributed by atoms with Crippen LogP contribution in [-0.2, 0) is 11.3 Å². The number of nitrogens with one attached hydrogen (secondary N) is 1. The second kappa shape index (κ2) is 7.85. The minimum atomic E-state index is 0.0426. The molecule has 0 aliphatic heterocycles. The highest BCUT2D eigenvalue weighted by Gasteiger charge is 2.18. The Labute approximate surface area is 120 Å². The Hall–Kier alpha value is -1.62. The number of pyridine rings is 1. The van der Waals surface area contributed by atoms with Gasteiger partial charge in [-0.1, -0.05) is 19.9 Å². The van der Waals surface area contributed by atoms with Crippen LogP contribution in [0.2, 0.25) is 0 Å². The molecule has 0 spiro atoms. The van der Waals surface area contributed by atoms with Gasteiger partial charge in [-0.05, 0) is 30.9 Å². The van der Waals surface area contributed by atoms with Gasteiger partial charge in [0.2, 0.25) is 11.8 Å². The summed E-state index contributed by atoms with van der Waals surface area (Å²) in [5.41, 5.74) is 6.55. The smallest absolute Gasteiger partial charge is 0.220 e. The third-order valence-corrected chi connectivity index (χ3v) is 3.37. The Kier molecular flexibility index (Phi) is 6.45. The fourth-order valence-electron chi connectivity index (χ4n) is 1.99. The molecule has 1 aromatic rings. The van der Waals surface area contributed by atoms with Crippen LogP contribution in [-0.4, -0.2) is 24.5 Å². The highest BCUT2D eigenvalue weighted by atomic mass is 16.5. The molecule has 1 amide bonds. The summed E-state index contributed by atoms with van der Waals surface area (Å²) in [6.07, 6.45) is 3.94. The van der Waals surface area contributed by atoms with Gasteiger partial charge in [0.1, 0.15) is 0 Å². The van der Waals surface area contributed by atoms with Crippen LogP contribution < -0.4 is 15.8 Å². The lowest BCUT2D eigenvalue weighted by Gasteiger charge is -2.23. The number of ether oxygens (including phenoxy) is 1. The van der Waals surface area contributed by atoms with Crippen molar-refractivity contribution in [1.29, 1.82) is 0 Å². The lowest BCUT2D eigenvalue weighted by atomic mass is 9.84. The van der Waals surface area contributed by atoms with Crippen molar-refractivity contribution < 1.29 is 9.53 Å². The van der Waals surface area contributed by atoms with Crippen LogP contribution in [0.4, 0.5) is 0 Å². The number of hydrogen-bond donors (Lipinski definition) is 2. The first-order chi connectivity index (χ1) is 9.48. The number of aromatic nitrogens is 1. The number of carbonyl (C=O) groups excluding carboxylic acids is 1. The summed E-state index contributed by atoms with van der Waals surface area (Å²) >= 11 is 0. The second-order valence-corrected chi connectivity index (χ2v) is 5.65. The van der Waals surface area contributed by atoms with Crippen LogP contribution in [0.1, 0.15) is 38.7 Å². The molecule has 0 saturated carbocycles. The van der Waals surface area contributed by atoms with Crippen LogP contribution in [0.15, 0.2) is 18.3 Å². The molecule has 0 bridgehead atoms. The molecule has 0 fully saturated rings. The maximum absolute atomic E-state index is 11.9. The van der Waals surface area contributed by atoms with Crippen LogP contribution >= 0.6 is 0 Å². The number of rotatable bonds is 8. The van der Waals surface area contributed by atoms with Crippen molar-refractivity contribution in [1.82, 2.24) is 10.3 Å². The van der Waals surface area contributed by atoms with Crippen molar-refractivity contribution in [2.24, 2.45) is 11.1 Å². The standard InChI is InChI=1S/C15H25N3O2/c1-15(2,8-9-16)7-6-13(19)18-11-12-5-4-10-17-14(12)20-3/h4-5,10H,6-9,11,16H2,1-3H3,(H,18,19). The Morgan fingerprint density at radius 2 is 2.20 bits per heavy atom. The number of nitrogens with two attached hydrogens (primary N) is 1. The number of nitrogens with zero attached hydrogens (tertiary/aromatic N) is 1. The van der Waals surface area contributed by atoms with Gasteiger partial charge in [0.15, 0.2) is 0 Å². The summed E-state index contributed by atoms with van der Waals surface area (Å²) in [4.78, 5) is 16.0. The third kappa shape index (κ3) is 5.57. The fraction of sp³-hybridized carbons (Fsp3) is 0.600. The zero-order chi connectivity index (χ0) is 15.0. The van der Waals surface area contributed by atoms with Crippen molar-refractivity contribution in [3.05, 3.63) is 23.9 Å². The van der Waals surface area contributed by atoms with Crippen LogP contribution in [0.3, 0.4) is 0 Å². The molecule has 0 aliphatic carbocycles. The molecular weight excluding hydrogens is 254 g/mol. The summed E-state index contributed by atoms with van der Waals surface area (Å²) in [5.74, 6) is 0.595. The van der Waals surface area contributed by atoms with Gasteiger partial charge in [-0.25, -0.2) is 4.98 Å². The van der Waals surface area contributed by atoms with E-state index in [1.807, 2.05) is 12.1 Å². The van der Waals surface area contributed by atoms with Crippen LogP contribution in [0, 0.1) is 5.41 Å². The molecule has 0 aliphatic rings. The molecule has 0 radical (unpaired) electrons. The molecule has 1 aromatic heterocycles. The number of carbonyl (C=O) groups is 1. The second-order valence-electron chi connectivity index (χ2n) is 5.65. The summed E-state index contributed by atoms with van der Waals surface area (Å²) in [6, 6.07) is 3.72. The molecule has 0 saturated heterocycles. The molecule has 1 rings (SSSR count). The van der Waals surface area contributed by atoms with Crippen LogP contribution in [0.25, 0.3) is 0 Å². The van der Waals surface area contributed by atoms with E-state index in [1.54, 1.807) is 13.3 Å². The molecule has 0 atom stereocenters. The molecule has 5 nitrogen and oxygen atoms in total. The highest BCUT2D eigenvalue weighted by Crippen LogP contribution is 2.25. The maximum atomic E-state index is 11.9. The molecule has 3 N–H and O–H groups in total. The Morgan fingerprint density at radius 3 is 2.85 bits per heavy atom. The molecule has 1 heterocycles. The van der Waals surface area contributed by atoms with Gasteiger partial charge in [-0.2, -0.15) is 0 Å². The monoisotopic (exact) mass is 279 g/mol. The van der Waals surface area contributed by atoms with Crippen molar-refractivity contribution in [3.8, 4) is 5.88 Å². The van der Waals surface area contributed by atoms with E-state index in [-0.39, 0.29) is 11.3 Å². The molecule has 20 heavy (non-hydrogen) atoms. The molecule has 5 heteroatoms. The van der Waals surface area contributed by atoms with Gasteiger partial charge in [0.25, 0.3) is 0 Å². The topological polar surface area (TPSA) is 77.2 Å². The van der Waals surface area contributed by atoms with Gasteiger partial charge >= 0.3 is 0 Å². The average Bonchev–Trinajstić information content (AvgIpc) is 2.43. The van der Waals surface area contributed by atoms with Crippen molar-refractivity contribution in [2.45, 2.75) is 39.7 Å². The average molecular weight is 279 g/mol. The summed E-state index contributed by atoms with van der Waals surface area (Å²) in [6.45, 7) is 5.36. The molecule has 0 aromatic carbocycles. The van der Waals surface area contributed by atoms with E-state index in [9.17, 15) is 4.79 Å². The quantitative estimate of drug-likeness (QED) is 0.761. The number of methoxy groups -OCH3 is 1. The molecular formula is C15H25N3O2. The van der Waals surface area contributed by atoms with Gasteiger partial charge in [0, 0.05) is 24.7 Å². The summed E-state index contributed by atoms with van der Waals surface area (Å²) in [7, 11) is 1.57. The third-order valence-electron chi connectivity index (χ3n) is 3.37. The van der Waals surface area contributed by atoms with Crippen LogP contribution in [0.5, 0.6) is 5.88 Å². The van der Waals surface area contributed by atoms with E-state index >= 15 is 0 Å². The number of amides is 1. The van der Waals surface area contributed by atoms with Gasteiger partial charge in [-0.3, -0.25) is 4.79 Å². The first kappa shape index (κ1) is 16.4. The molecule has 0 unspecified atom stereocenters. The highest BCUT2D eigenvalue weighted by molar-refractivity contribution is 5.75. The first-order valence-corrected chi connectivity index (χ1v) is 6.93. The van der Waals surface area contributed by atoms with Gasteiger partial charge < -0.3 is 15.8 Å². The van der Waals surface area contributed by atoms with E-state index in [1.165, 1.54) is 0 Å². The predicted molar refractivity (Wildman–Crippen MR) is 79.3 cm³/mol. The van der Waals surface area contributed by atoms with E-state index in [4.69, 9.17) is 10.5 Å². The van der Waals surface area contributed by atoms with E-state index in [0.29, 0.717) is 25.4 Å². The minimum absolute atomic E-state index is 0.0426. The fourth-order valence-corrected chi connectivity index (χ4v) is 1.99. The Balaban J connectivity index is 2.40. The zero-order valence-electron chi connectivity index (χ0n) is 12.6. The predicted octanol–water partition coefficient (Wildman–Crippen LogP) is 1.86. The normalized spacial score (nSPS) is 11.2. The maximum Gasteiger partial charge on any atom is 0.220 e. The summed E-state index contributed by atoms with van der Waals surface area (Å²) in [5, 5.41) is 2.90. The van der Waals surface area contributed by atoms with Crippen molar-refractivity contribution >= 4 is 5.91 Å². The van der Waals surface area contributed by atoms with Crippen molar-refractivity contribution in [3.63, 3.8) is 0 Å². The largest absolute Gasteiger partial charge is 0.481 e. The van der Waals surface area contributed by atoms with Gasteiger partial charge in [0.05, 0.1) is 7.11 Å². The SMILES string of the molecule is COc1ncccc1CNC(=O)CCC(C)(C)CCN.